The van der Waals surface area contributed by atoms with Crippen LogP contribution in [0.4, 0.5) is 0 Å². The first-order chi connectivity index (χ1) is 6.59. The van der Waals surface area contributed by atoms with Gasteiger partial charge in [-0.15, -0.1) is 0 Å². The normalized spacial score (nSPS) is 10.7. The van der Waals surface area contributed by atoms with Crippen molar-refractivity contribution in [1.82, 2.24) is 4.98 Å². The van der Waals surface area contributed by atoms with Gasteiger partial charge in [0.1, 0.15) is 0 Å². The number of nitrogens with one attached hydrogen (secondary N) is 1. The number of rotatable bonds is 1. The lowest BCUT2D eigenvalue weighted by Gasteiger charge is -1.97. The van der Waals surface area contributed by atoms with Crippen molar-refractivity contribution in [3.05, 3.63) is 32.5 Å². The first-order valence-corrected chi connectivity index (χ1v) is 5.24. The largest absolute Gasteiger partial charge is 0.478 e. The molecule has 72 valence electrons. The molecule has 0 amide bonds. The highest BCUT2D eigenvalue weighted by Gasteiger charge is 2.13. The molecule has 2 aromatic rings. The molecule has 0 radical (unpaired) electrons. The summed E-state index contributed by atoms with van der Waals surface area (Å²) in [4.78, 5) is 13.7. The zero-order valence-electron chi connectivity index (χ0n) is 6.84. The number of benzene rings is 1. The first kappa shape index (κ1) is 9.79. The van der Waals surface area contributed by atoms with Gasteiger partial charge in [0.25, 0.3) is 0 Å². The van der Waals surface area contributed by atoms with Gasteiger partial charge < -0.3 is 10.1 Å². The molecule has 0 atom stereocenters. The molecule has 14 heavy (non-hydrogen) atoms. The monoisotopic (exact) mass is 321 g/mol. The molecule has 1 heterocycles. The predicted molar refractivity (Wildman–Crippen MR) is 63.0 cm³/mol. The van der Waals surface area contributed by atoms with E-state index in [4.69, 9.17) is 16.7 Å². The van der Waals surface area contributed by atoms with Gasteiger partial charge in [-0.1, -0.05) is 11.6 Å². The summed E-state index contributed by atoms with van der Waals surface area (Å²) in [7, 11) is 0. The molecule has 2 N–H and O–H groups in total. The van der Waals surface area contributed by atoms with E-state index < -0.39 is 5.97 Å². The zero-order chi connectivity index (χ0) is 10.3. The van der Waals surface area contributed by atoms with Crippen molar-refractivity contribution in [2.75, 3.05) is 0 Å². The van der Waals surface area contributed by atoms with E-state index in [1.807, 2.05) is 0 Å². The van der Waals surface area contributed by atoms with Crippen LogP contribution in [0.25, 0.3) is 10.9 Å². The van der Waals surface area contributed by atoms with Crippen LogP contribution in [0.5, 0.6) is 0 Å². The van der Waals surface area contributed by atoms with E-state index in [0.717, 1.165) is 9.09 Å². The highest BCUT2D eigenvalue weighted by molar-refractivity contribution is 14.1. The minimum atomic E-state index is -0.934. The lowest BCUT2D eigenvalue weighted by Crippen LogP contribution is -1.94. The third kappa shape index (κ3) is 1.48. The number of carboxylic acids is 1. The van der Waals surface area contributed by atoms with Crippen LogP contribution in [0, 0.1) is 3.57 Å². The first-order valence-electron chi connectivity index (χ1n) is 3.79. The number of hydrogen-bond donors (Lipinski definition) is 2. The van der Waals surface area contributed by atoms with Gasteiger partial charge >= 0.3 is 5.97 Å². The van der Waals surface area contributed by atoms with E-state index >= 15 is 0 Å². The Bertz CT molecular complexity index is 521. The Morgan fingerprint density at radius 1 is 1.50 bits per heavy atom. The molecular weight excluding hydrogens is 316 g/mol. The standard InChI is InChI=1S/C9H5ClINO2/c10-4-1-6(11)8-5(9(13)14)3-12-7(8)2-4/h1-3,12H,(H,13,14). The van der Waals surface area contributed by atoms with Gasteiger partial charge in [0, 0.05) is 25.7 Å². The number of fused-ring (bicyclic) bond motifs is 1. The number of halogens is 2. The van der Waals surface area contributed by atoms with Crippen LogP contribution in [0.15, 0.2) is 18.3 Å². The van der Waals surface area contributed by atoms with Crippen molar-refractivity contribution in [2.24, 2.45) is 0 Å². The number of hydrogen-bond acceptors (Lipinski definition) is 1. The summed E-state index contributed by atoms with van der Waals surface area (Å²) in [6.07, 6.45) is 1.48. The summed E-state index contributed by atoms with van der Waals surface area (Å²) in [5.74, 6) is -0.934. The third-order valence-electron chi connectivity index (χ3n) is 1.93. The molecule has 0 aliphatic carbocycles. The number of H-pyrrole nitrogens is 1. The fourth-order valence-electron chi connectivity index (χ4n) is 1.35. The summed E-state index contributed by atoms with van der Waals surface area (Å²) in [5.41, 5.74) is 1.03. The van der Waals surface area contributed by atoms with Crippen LogP contribution in [0.3, 0.4) is 0 Å². The fraction of sp³-hybridized carbons (Fsp3) is 0. The van der Waals surface area contributed by atoms with Crippen LogP contribution in [-0.2, 0) is 0 Å². The van der Waals surface area contributed by atoms with Crippen LogP contribution in [0.1, 0.15) is 10.4 Å². The number of carboxylic acid groups (broad SMARTS) is 1. The summed E-state index contributed by atoms with van der Waals surface area (Å²) in [6.45, 7) is 0. The lowest BCUT2D eigenvalue weighted by molar-refractivity contribution is 0.0699. The Labute approximate surface area is 98.2 Å². The molecule has 0 fully saturated rings. The van der Waals surface area contributed by atoms with Gasteiger partial charge in [-0.3, -0.25) is 0 Å². The fourth-order valence-corrected chi connectivity index (χ4v) is 2.67. The van der Waals surface area contributed by atoms with E-state index in [9.17, 15) is 4.79 Å². The zero-order valence-corrected chi connectivity index (χ0v) is 9.76. The number of aromatic amines is 1. The maximum Gasteiger partial charge on any atom is 0.337 e. The molecular formula is C9H5ClINO2. The molecule has 0 aliphatic heterocycles. The minimum absolute atomic E-state index is 0.279. The highest BCUT2D eigenvalue weighted by atomic mass is 127. The number of aromatic carboxylic acids is 1. The van der Waals surface area contributed by atoms with Gasteiger partial charge in [-0.25, -0.2) is 4.79 Å². The topological polar surface area (TPSA) is 53.1 Å². The Balaban J connectivity index is 2.85. The quantitative estimate of drug-likeness (QED) is 0.793. The van der Waals surface area contributed by atoms with E-state index in [-0.39, 0.29) is 5.56 Å². The summed E-state index contributed by atoms with van der Waals surface area (Å²) in [5, 5.41) is 10.2. The number of aromatic nitrogens is 1. The van der Waals surface area contributed by atoms with Crippen molar-refractivity contribution >= 4 is 51.1 Å². The van der Waals surface area contributed by atoms with Crippen molar-refractivity contribution in [2.45, 2.75) is 0 Å². The van der Waals surface area contributed by atoms with Crippen molar-refractivity contribution < 1.29 is 9.90 Å². The van der Waals surface area contributed by atoms with Gasteiger partial charge in [-0.05, 0) is 34.7 Å². The molecule has 1 aromatic heterocycles. The molecule has 3 nitrogen and oxygen atoms in total. The average Bonchev–Trinajstić information content (AvgIpc) is 2.47. The maximum absolute atomic E-state index is 10.9. The van der Waals surface area contributed by atoms with Crippen molar-refractivity contribution in [3.63, 3.8) is 0 Å². The number of carbonyl (C=O) groups is 1. The van der Waals surface area contributed by atoms with Crippen LogP contribution in [-0.4, -0.2) is 16.1 Å². The minimum Gasteiger partial charge on any atom is -0.478 e. The van der Waals surface area contributed by atoms with Gasteiger partial charge in [0.05, 0.1) is 5.56 Å². The second-order valence-corrected chi connectivity index (χ2v) is 4.42. The Morgan fingerprint density at radius 3 is 2.86 bits per heavy atom. The SMILES string of the molecule is O=C(O)c1c[nH]c2cc(Cl)cc(I)c12. The smallest absolute Gasteiger partial charge is 0.337 e. The van der Waals surface area contributed by atoms with Crippen LogP contribution in [0.2, 0.25) is 5.02 Å². The second-order valence-electron chi connectivity index (χ2n) is 2.82. The molecule has 0 spiro atoms. The van der Waals surface area contributed by atoms with E-state index in [2.05, 4.69) is 27.6 Å². The molecule has 0 bridgehead atoms. The Morgan fingerprint density at radius 2 is 2.21 bits per heavy atom. The summed E-state index contributed by atoms with van der Waals surface area (Å²) in [6, 6.07) is 3.45. The molecule has 0 unspecified atom stereocenters. The molecule has 0 aliphatic rings. The highest BCUT2D eigenvalue weighted by Crippen LogP contribution is 2.27. The maximum atomic E-state index is 10.9. The van der Waals surface area contributed by atoms with Crippen molar-refractivity contribution in [1.29, 1.82) is 0 Å². The van der Waals surface area contributed by atoms with Gasteiger partial charge in [-0.2, -0.15) is 0 Å². The van der Waals surface area contributed by atoms with Crippen molar-refractivity contribution in [3.8, 4) is 0 Å². The van der Waals surface area contributed by atoms with Gasteiger partial charge in [0.15, 0.2) is 0 Å². The average molecular weight is 322 g/mol. The Hall–Kier alpha value is -0.750. The molecule has 0 saturated heterocycles. The van der Waals surface area contributed by atoms with E-state index in [0.29, 0.717) is 10.4 Å². The van der Waals surface area contributed by atoms with E-state index in [1.54, 1.807) is 12.1 Å². The second kappa shape index (κ2) is 3.43. The van der Waals surface area contributed by atoms with E-state index in [1.165, 1.54) is 6.20 Å². The third-order valence-corrected chi connectivity index (χ3v) is 3.00. The van der Waals surface area contributed by atoms with Crippen LogP contribution < -0.4 is 0 Å². The molecule has 0 saturated carbocycles. The van der Waals surface area contributed by atoms with Gasteiger partial charge in [0.2, 0.25) is 0 Å². The summed E-state index contributed by atoms with van der Waals surface area (Å²) < 4.78 is 0.837. The summed E-state index contributed by atoms with van der Waals surface area (Å²) >= 11 is 7.91. The molecule has 5 heteroatoms. The molecule has 2 rings (SSSR count). The van der Waals surface area contributed by atoms with Crippen LogP contribution >= 0.6 is 34.2 Å². The predicted octanol–water partition coefficient (Wildman–Crippen LogP) is 3.12. The Kier molecular flexibility index (Phi) is 2.40. The molecule has 1 aromatic carbocycles. The lowest BCUT2D eigenvalue weighted by atomic mass is 10.2.